The molecule has 0 aliphatic carbocycles. The average Bonchev–Trinajstić information content (AvgIpc) is 2.09. The topological polar surface area (TPSA) is 9.23 Å². The van der Waals surface area contributed by atoms with E-state index in [2.05, 4.69) is 13.2 Å². The van der Waals surface area contributed by atoms with Crippen LogP contribution in [0.1, 0.15) is 6.92 Å². The zero-order valence-corrected chi connectivity index (χ0v) is 7.92. The zero-order chi connectivity index (χ0) is 9.68. The van der Waals surface area contributed by atoms with Gasteiger partial charge in [-0.1, -0.05) is 37.4 Å². The van der Waals surface area contributed by atoms with Crippen molar-refractivity contribution in [2.75, 3.05) is 6.61 Å². The molecular weight excluding hydrogens is 160 g/mol. The monoisotopic (exact) mass is 174 g/mol. The Kier molecular flexibility index (Phi) is 3.32. The molecule has 1 aromatic rings. The molecule has 0 unspecified atom stereocenters. The van der Waals surface area contributed by atoms with E-state index in [4.69, 9.17) is 4.74 Å². The summed E-state index contributed by atoms with van der Waals surface area (Å²) in [5, 5.41) is 2.05. The van der Waals surface area contributed by atoms with Gasteiger partial charge < -0.3 is 4.74 Å². The highest BCUT2D eigenvalue weighted by Gasteiger charge is 1.86. The molecule has 0 fully saturated rings. The summed E-state index contributed by atoms with van der Waals surface area (Å²) in [6.45, 7) is 10.3. The molecule has 0 atom stereocenters. The van der Waals surface area contributed by atoms with E-state index in [1.807, 2.05) is 37.3 Å². The third-order valence-electron chi connectivity index (χ3n) is 1.70. The maximum absolute atomic E-state index is 5.22. The van der Waals surface area contributed by atoms with E-state index in [0.717, 1.165) is 10.4 Å². The highest BCUT2D eigenvalue weighted by atomic mass is 16.5. The van der Waals surface area contributed by atoms with Crippen LogP contribution in [0.15, 0.2) is 36.6 Å². The summed E-state index contributed by atoms with van der Waals surface area (Å²) >= 11 is 0. The van der Waals surface area contributed by atoms with Gasteiger partial charge in [-0.2, -0.15) is 0 Å². The van der Waals surface area contributed by atoms with Gasteiger partial charge >= 0.3 is 0 Å². The number of ether oxygens (including phenoxy) is 1. The molecule has 0 aliphatic heterocycles. The number of hydrogen-bond acceptors (Lipinski definition) is 1. The van der Waals surface area contributed by atoms with E-state index in [1.165, 1.54) is 0 Å². The largest absolute Gasteiger partial charge is 0.494 e. The van der Waals surface area contributed by atoms with Gasteiger partial charge in [0.15, 0.2) is 0 Å². The van der Waals surface area contributed by atoms with Crippen LogP contribution in [-0.2, 0) is 4.74 Å². The Bertz CT molecular complexity index is 390. The normalized spacial score (nSPS) is 11.3. The van der Waals surface area contributed by atoms with Crippen LogP contribution in [-0.4, -0.2) is 6.61 Å². The summed E-state index contributed by atoms with van der Waals surface area (Å²) in [4.78, 5) is 0. The molecular formula is C12H14O. The fourth-order valence-corrected chi connectivity index (χ4v) is 1.08. The second-order valence-corrected chi connectivity index (χ2v) is 2.74. The fraction of sp³-hybridized carbons (Fsp3) is 0.167. The van der Waals surface area contributed by atoms with E-state index < -0.39 is 0 Å². The van der Waals surface area contributed by atoms with E-state index in [1.54, 1.807) is 0 Å². The quantitative estimate of drug-likeness (QED) is 0.630. The molecule has 0 N–H and O–H groups in total. The molecule has 0 aromatic heterocycles. The van der Waals surface area contributed by atoms with Crippen molar-refractivity contribution in [3.8, 4) is 0 Å². The Morgan fingerprint density at radius 2 is 2.15 bits per heavy atom. The van der Waals surface area contributed by atoms with Crippen LogP contribution in [0.5, 0.6) is 0 Å². The molecule has 0 saturated heterocycles. The minimum absolute atomic E-state index is 0.647. The molecule has 0 spiro atoms. The first kappa shape index (κ1) is 9.59. The summed E-state index contributed by atoms with van der Waals surface area (Å²) < 4.78 is 5.22. The molecule has 1 aromatic carbocycles. The molecule has 1 rings (SSSR count). The predicted molar refractivity (Wildman–Crippen MR) is 56.4 cm³/mol. The Labute approximate surface area is 78.7 Å². The SMILES string of the molecule is C=C(/C=c1/ccccc1=C)OCC. The minimum atomic E-state index is 0.647. The first-order valence-electron chi connectivity index (χ1n) is 4.31. The number of rotatable bonds is 3. The van der Waals surface area contributed by atoms with Gasteiger partial charge in [-0.25, -0.2) is 0 Å². The number of hydrogen-bond donors (Lipinski definition) is 0. The first-order valence-corrected chi connectivity index (χ1v) is 4.31. The van der Waals surface area contributed by atoms with Gasteiger partial charge in [0.05, 0.1) is 6.61 Å². The molecule has 1 nitrogen and oxygen atoms in total. The van der Waals surface area contributed by atoms with Gasteiger partial charge in [0.2, 0.25) is 0 Å². The summed E-state index contributed by atoms with van der Waals surface area (Å²) in [6, 6.07) is 7.89. The van der Waals surface area contributed by atoms with Crippen molar-refractivity contribution < 1.29 is 4.74 Å². The lowest BCUT2D eigenvalue weighted by atomic mass is 10.2. The van der Waals surface area contributed by atoms with Crippen molar-refractivity contribution in [3.63, 3.8) is 0 Å². The summed E-state index contributed by atoms with van der Waals surface area (Å²) in [5.41, 5.74) is 0. The highest BCUT2D eigenvalue weighted by molar-refractivity contribution is 5.41. The van der Waals surface area contributed by atoms with Crippen LogP contribution in [0, 0.1) is 0 Å². The second kappa shape index (κ2) is 4.51. The van der Waals surface area contributed by atoms with Gasteiger partial charge in [0.25, 0.3) is 0 Å². The first-order chi connectivity index (χ1) is 6.24. The van der Waals surface area contributed by atoms with E-state index in [0.29, 0.717) is 12.4 Å². The van der Waals surface area contributed by atoms with Crippen LogP contribution in [0.3, 0.4) is 0 Å². The lowest BCUT2D eigenvalue weighted by Crippen LogP contribution is -2.22. The number of benzene rings is 1. The van der Waals surface area contributed by atoms with Gasteiger partial charge in [0, 0.05) is 0 Å². The molecule has 1 heteroatoms. The molecule has 13 heavy (non-hydrogen) atoms. The van der Waals surface area contributed by atoms with Crippen molar-refractivity contribution in [1.29, 1.82) is 0 Å². The third kappa shape index (κ3) is 2.79. The third-order valence-corrected chi connectivity index (χ3v) is 1.70. The summed E-state index contributed by atoms with van der Waals surface area (Å²) in [6.07, 6.45) is 1.89. The molecule has 68 valence electrons. The van der Waals surface area contributed by atoms with Crippen molar-refractivity contribution >= 4 is 12.7 Å². The Morgan fingerprint density at radius 1 is 1.46 bits per heavy atom. The van der Waals surface area contributed by atoms with Crippen molar-refractivity contribution in [2.24, 2.45) is 0 Å². The minimum Gasteiger partial charge on any atom is -0.494 e. The second-order valence-electron chi connectivity index (χ2n) is 2.74. The standard InChI is InChI=1S/C12H14O/c1-4-13-11(3)9-12-8-6-5-7-10(12)2/h5-9H,2-4H2,1H3/b12-9-. The van der Waals surface area contributed by atoms with Crippen LogP contribution < -0.4 is 10.4 Å². The molecule has 0 aliphatic rings. The Hall–Kier alpha value is -1.50. The van der Waals surface area contributed by atoms with Gasteiger partial charge in [-0.3, -0.25) is 0 Å². The molecule has 0 radical (unpaired) electrons. The van der Waals surface area contributed by atoms with Crippen molar-refractivity contribution in [2.45, 2.75) is 6.92 Å². The Balaban J connectivity index is 3.01. The van der Waals surface area contributed by atoms with Crippen molar-refractivity contribution in [3.05, 3.63) is 47.0 Å². The highest BCUT2D eigenvalue weighted by Crippen LogP contribution is 1.92. The maximum atomic E-state index is 5.22. The molecule has 0 amide bonds. The lowest BCUT2D eigenvalue weighted by Gasteiger charge is -1.99. The van der Waals surface area contributed by atoms with Crippen LogP contribution in [0.4, 0.5) is 0 Å². The van der Waals surface area contributed by atoms with Gasteiger partial charge in [-0.05, 0) is 23.4 Å². The predicted octanol–water partition coefficient (Wildman–Crippen LogP) is 1.43. The van der Waals surface area contributed by atoms with Crippen LogP contribution >= 0.6 is 0 Å². The Morgan fingerprint density at radius 3 is 2.77 bits per heavy atom. The van der Waals surface area contributed by atoms with Gasteiger partial charge in [-0.15, -0.1) is 0 Å². The van der Waals surface area contributed by atoms with E-state index in [-0.39, 0.29) is 0 Å². The smallest absolute Gasteiger partial charge is 0.112 e. The maximum Gasteiger partial charge on any atom is 0.112 e. The summed E-state index contributed by atoms with van der Waals surface area (Å²) in [7, 11) is 0. The van der Waals surface area contributed by atoms with Gasteiger partial charge in [0.1, 0.15) is 5.76 Å². The van der Waals surface area contributed by atoms with Crippen LogP contribution in [0.2, 0.25) is 0 Å². The average molecular weight is 174 g/mol. The zero-order valence-electron chi connectivity index (χ0n) is 7.92. The summed E-state index contributed by atoms with van der Waals surface area (Å²) in [5.74, 6) is 0.679. The van der Waals surface area contributed by atoms with Crippen LogP contribution in [0.25, 0.3) is 12.7 Å². The van der Waals surface area contributed by atoms with Crippen molar-refractivity contribution in [1.82, 2.24) is 0 Å². The fourth-order valence-electron chi connectivity index (χ4n) is 1.08. The lowest BCUT2D eigenvalue weighted by molar-refractivity contribution is 0.250. The number of allylic oxidation sites excluding steroid dienone is 1. The molecule has 0 saturated carbocycles. The molecule has 0 heterocycles. The van der Waals surface area contributed by atoms with E-state index >= 15 is 0 Å². The molecule has 0 bridgehead atoms. The van der Waals surface area contributed by atoms with E-state index in [9.17, 15) is 0 Å².